The van der Waals surface area contributed by atoms with E-state index in [1.807, 2.05) is 6.07 Å². The van der Waals surface area contributed by atoms with Crippen LogP contribution >= 0.6 is 0 Å². The molecule has 2 aromatic carbocycles. The number of phenolic OH excluding ortho intramolecular Hbond substituents is 2. The molecule has 0 fully saturated rings. The van der Waals surface area contributed by atoms with Crippen molar-refractivity contribution in [1.82, 2.24) is 0 Å². The van der Waals surface area contributed by atoms with E-state index >= 15 is 0 Å². The highest BCUT2D eigenvalue weighted by atomic mass is 16.3. The minimum absolute atomic E-state index is 0.0687. The third-order valence-corrected chi connectivity index (χ3v) is 3.98. The Morgan fingerprint density at radius 3 is 2.71 bits per heavy atom. The van der Waals surface area contributed by atoms with Gasteiger partial charge in [0.2, 0.25) is 0 Å². The van der Waals surface area contributed by atoms with Crippen molar-refractivity contribution in [2.75, 3.05) is 0 Å². The number of nitriles is 1. The molecule has 1 aliphatic rings. The molecule has 0 atom stereocenters. The van der Waals surface area contributed by atoms with Crippen molar-refractivity contribution in [2.24, 2.45) is 0 Å². The number of hydrogen-bond acceptors (Lipinski definition) is 4. The lowest BCUT2D eigenvalue weighted by Gasteiger charge is -2.15. The van der Waals surface area contributed by atoms with Gasteiger partial charge in [-0.15, -0.1) is 0 Å². The molecule has 21 heavy (non-hydrogen) atoms. The van der Waals surface area contributed by atoms with E-state index < -0.39 is 0 Å². The van der Waals surface area contributed by atoms with E-state index in [1.54, 1.807) is 18.2 Å². The summed E-state index contributed by atoms with van der Waals surface area (Å²) in [4.78, 5) is 0. The van der Waals surface area contributed by atoms with Gasteiger partial charge in [0.15, 0.2) is 5.58 Å². The Bertz CT molecular complexity index is 931. The van der Waals surface area contributed by atoms with Gasteiger partial charge in [0.05, 0.1) is 5.56 Å². The van der Waals surface area contributed by atoms with Crippen LogP contribution in [0.15, 0.2) is 34.7 Å². The Morgan fingerprint density at radius 2 is 1.90 bits per heavy atom. The van der Waals surface area contributed by atoms with Crippen LogP contribution in [0.3, 0.4) is 0 Å². The average Bonchev–Trinajstić information content (AvgIpc) is 2.84. The molecule has 3 aromatic rings. The number of aryl methyl sites for hydroxylation is 2. The summed E-state index contributed by atoms with van der Waals surface area (Å²) in [5.74, 6) is 1.04. The van der Waals surface area contributed by atoms with Crippen molar-refractivity contribution < 1.29 is 14.6 Å². The van der Waals surface area contributed by atoms with Gasteiger partial charge in [-0.1, -0.05) is 0 Å². The van der Waals surface area contributed by atoms with E-state index in [2.05, 4.69) is 6.07 Å². The van der Waals surface area contributed by atoms with Gasteiger partial charge in [0.25, 0.3) is 0 Å². The molecule has 1 heterocycles. The summed E-state index contributed by atoms with van der Waals surface area (Å²) in [5, 5.41) is 29.3. The van der Waals surface area contributed by atoms with Crippen LogP contribution in [0.2, 0.25) is 0 Å². The number of nitrogens with zero attached hydrogens (tertiary/aromatic N) is 1. The predicted molar refractivity (Wildman–Crippen MR) is 77.1 cm³/mol. The lowest BCUT2D eigenvalue weighted by molar-refractivity contribution is 0.474. The molecule has 4 nitrogen and oxygen atoms in total. The Kier molecular flexibility index (Phi) is 2.28. The first-order chi connectivity index (χ1) is 10.2. The van der Waals surface area contributed by atoms with E-state index in [1.165, 1.54) is 6.07 Å². The van der Waals surface area contributed by atoms with Crippen LogP contribution in [0.5, 0.6) is 11.5 Å². The van der Waals surface area contributed by atoms with Crippen LogP contribution in [0.25, 0.3) is 22.3 Å². The maximum atomic E-state index is 9.77. The maximum absolute atomic E-state index is 9.77. The Hall–Kier alpha value is -2.93. The van der Waals surface area contributed by atoms with E-state index in [0.29, 0.717) is 11.1 Å². The first-order valence-corrected chi connectivity index (χ1v) is 6.68. The SMILES string of the molecule is N#Cc1cc(O)cc2c3c(oc12)-c1ccc(O)cc1CC3. The highest BCUT2D eigenvalue weighted by Crippen LogP contribution is 2.42. The van der Waals surface area contributed by atoms with E-state index in [4.69, 9.17) is 4.42 Å². The fourth-order valence-corrected chi connectivity index (χ4v) is 3.05. The number of rotatable bonds is 0. The average molecular weight is 277 g/mol. The molecule has 0 aliphatic heterocycles. The summed E-state index contributed by atoms with van der Waals surface area (Å²) in [7, 11) is 0. The Morgan fingerprint density at radius 1 is 1.05 bits per heavy atom. The summed E-state index contributed by atoms with van der Waals surface area (Å²) < 4.78 is 5.92. The molecular weight excluding hydrogens is 266 g/mol. The number of aromatic hydroxyl groups is 2. The topological polar surface area (TPSA) is 77.4 Å². The second-order valence-electron chi connectivity index (χ2n) is 5.23. The van der Waals surface area contributed by atoms with Crippen LogP contribution in [-0.2, 0) is 12.8 Å². The number of hydrogen-bond donors (Lipinski definition) is 2. The Balaban J connectivity index is 2.08. The predicted octanol–water partition coefficient (Wildman–Crippen LogP) is 3.48. The minimum Gasteiger partial charge on any atom is -0.508 e. The molecule has 0 unspecified atom stereocenters. The van der Waals surface area contributed by atoms with E-state index in [9.17, 15) is 15.5 Å². The van der Waals surface area contributed by atoms with E-state index in [0.717, 1.165) is 40.7 Å². The first-order valence-electron chi connectivity index (χ1n) is 6.68. The van der Waals surface area contributed by atoms with Gasteiger partial charge in [-0.3, -0.25) is 0 Å². The van der Waals surface area contributed by atoms with Crippen molar-refractivity contribution in [3.8, 4) is 28.9 Å². The highest BCUT2D eigenvalue weighted by molar-refractivity contribution is 5.93. The smallest absolute Gasteiger partial charge is 0.153 e. The zero-order chi connectivity index (χ0) is 14.6. The molecule has 0 saturated heterocycles. The molecule has 0 spiro atoms. The molecule has 0 radical (unpaired) electrons. The molecule has 0 amide bonds. The Labute approximate surface area is 120 Å². The summed E-state index contributed by atoms with van der Waals surface area (Å²) >= 11 is 0. The summed E-state index contributed by atoms with van der Waals surface area (Å²) in [6.45, 7) is 0. The fourth-order valence-electron chi connectivity index (χ4n) is 3.05. The molecule has 4 heteroatoms. The molecule has 2 N–H and O–H groups in total. The van der Waals surface area contributed by atoms with Crippen LogP contribution in [0, 0.1) is 11.3 Å². The fraction of sp³-hybridized carbons (Fsp3) is 0.118. The summed E-state index contributed by atoms with van der Waals surface area (Å²) in [6, 6.07) is 10.3. The van der Waals surface area contributed by atoms with Crippen LogP contribution in [0.4, 0.5) is 0 Å². The molecule has 1 aliphatic carbocycles. The van der Waals surface area contributed by atoms with Crippen LogP contribution in [0.1, 0.15) is 16.7 Å². The van der Waals surface area contributed by atoms with Crippen LogP contribution in [-0.4, -0.2) is 10.2 Å². The van der Waals surface area contributed by atoms with Crippen molar-refractivity contribution in [3.63, 3.8) is 0 Å². The first kappa shape index (κ1) is 11.9. The lowest BCUT2D eigenvalue weighted by Crippen LogP contribution is -2.01. The molecule has 0 bridgehead atoms. The molecule has 102 valence electrons. The van der Waals surface area contributed by atoms with Crippen LogP contribution < -0.4 is 0 Å². The van der Waals surface area contributed by atoms with Crippen molar-refractivity contribution in [3.05, 3.63) is 47.0 Å². The van der Waals surface area contributed by atoms with Gasteiger partial charge in [-0.05, 0) is 42.7 Å². The standard InChI is InChI=1S/C17H11NO3/c18-8-10-6-12(20)7-15-14-3-1-9-5-11(19)2-4-13(9)17(14)21-16(10)15/h2,4-7,19-20H,1,3H2. The summed E-state index contributed by atoms with van der Waals surface area (Å²) in [6.07, 6.45) is 1.55. The molecule has 1 aromatic heterocycles. The number of phenols is 2. The van der Waals surface area contributed by atoms with Crippen molar-refractivity contribution in [2.45, 2.75) is 12.8 Å². The van der Waals surface area contributed by atoms with E-state index in [-0.39, 0.29) is 11.5 Å². The third-order valence-electron chi connectivity index (χ3n) is 3.98. The second-order valence-corrected chi connectivity index (χ2v) is 5.23. The van der Waals surface area contributed by atoms with Gasteiger partial charge >= 0.3 is 0 Å². The maximum Gasteiger partial charge on any atom is 0.153 e. The van der Waals surface area contributed by atoms with Crippen molar-refractivity contribution >= 4 is 11.0 Å². The quantitative estimate of drug-likeness (QED) is 0.659. The minimum atomic E-state index is 0.0687. The van der Waals surface area contributed by atoms with Gasteiger partial charge < -0.3 is 14.6 Å². The van der Waals surface area contributed by atoms with Crippen molar-refractivity contribution in [1.29, 1.82) is 5.26 Å². The van der Waals surface area contributed by atoms with Gasteiger partial charge in [0, 0.05) is 22.6 Å². The third kappa shape index (κ3) is 1.61. The largest absolute Gasteiger partial charge is 0.508 e. The highest BCUT2D eigenvalue weighted by Gasteiger charge is 2.24. The second kappa shape index (κ2) is 4.03. The molecule has 4 rings (SSSR count). The number of benzene rings is 2. The molecular formula is C17H11NO3. The normalized spacial score (nSPS) is 12.7. The van der Waals surface area contributed by atoms with Gasteiger partial charge in [-0.2, -0.15) is 5.26 Å². The zero-order valence-corrected chi connectivity index (χ0v) is 11.1. The molecule has 0 saturated carbocycles. The van der Waals surface area contributed by atoms with Gasteiger partial charge in [0.1, 0.15) is 23.3 Å². The zero-order valence-electron chi connectivity index (χ0n) is 11.1. The lowest BCUT2D eigenvalue weighted by atomic mass is 9.89. The summed E-state index contributed by atoms with van der Waals surface area (Å²) in [5.41, 5.74) is 3.83. The number of furan rings is 1. The number of fused-ring (bicyclic) bond motifs is 5. The monoisotopic (exact) mass is 277 g/mol. The van der Waals surface area contributed by atoms with Gasteiger partial charge in [-0.25, -0.2) is 0 Å².